The van der Waals surface area contributed by atoms with Crippen LogP contribution >= 0.6 is 0 Å². The Balaban J connectivity index is 1.59. The zero-order chi connectivity index (χ0) is 13.9. The van der Waals surface area contributed by atoms with Gasteiger partial charge in [0, 0.05) is 45.5 Å². The van der Waals surface area contributed by atoms with Crippen LogP contribution < -0.4 is 10.2 Å². The van der Waals surface area contributed by atoms with Crippen molar-refractivity contribution in [3.05, 3.63) is 23.4 Å². The van der Waals surface area contributed by atoms with Gasteiger partial charge in [-0.3, -0.25) is 4.90 Å². The van der Waals surface area contributed by atoms with Gasteiger partial charge in [-0.05, 0) is 49.9 Å². The van der Waals surface area contributed by atoms with Crippen molar-refractivity contribution in [1.82, 2.24) is 15.2 Å². The fourth-order valence-electron chi connectivity index (χ4n) is 3.07. The normalized spacial score (nSPS) is 20.4. The molecule has 4 heteroatoms. The van der Waals surface area contributed by atoms with E-state index in [1.807, 2.05) is 13.2 Å². The minimum absolute atomic E-state index is 0.892. The van der Waals surface area contributed by atoms with Crippen molar-refractivity contribution in [2.45, 2.75) is 26.3 Å². The summed E-state index contributed by atoms with van der Waals surface area (Å²) in [5, 5.41) is 3.18. The molecular weight excluding hydrogens is 248 g/mol. The first-order valence-corrected chi connectivity index (χ1v) is 7.83. The van der Waals surface area contributed by atoms with Crippen molar-refractivity contribution in [3.63, 3.8) is 0 Å². The van der Waals surface area contributed by atoms with Crippen LogP contribution in [0.3, 0.4) is 0 Å². The number of pyridine rings is 1. The number of anilines is 1. The van der Waals surface area contributed by atoms with Crippen LogP contribution in [0.1, 0.15) is 24.0 Å². The number of nitrogens with one attached hydrogen (secondary N) is 1. The maximum absolute atomic E-state index is 4.69. The number of nitrogens with zero attached hydrogens (tertiary/aromatic N) is 3. The first-order chi connectivity index (χ1) is 9.76. The van der Waals surface area contributed by atoms with Crippen LogP contribution in [0, 0.1) is 12.8 Å². The van der Waals surface area contributed by atoms with E-state index in [4.69, 9.17) is 0 Å². The first-order valence-electron chi connectivity index (χ1n) is 7.83. The van der Waals surface area contributed by atoms with Gasteiger partial charge in [0.05, 0.1) is 0 Å². The van der Waals surface area contributed by atoms with Gasteiger partial charge in [-0.25, -0.2) is 4.98 Å². The highest BCUT2D eigenvalue weighted by Crippen LogP contribution is 2.30. The van der Waals surface area contributed by atoms with Crippen molar-refractivity contribution >= 4 is 5.82 Å². The molecule has 1 saturated heterocycles. The van der Waals surface area contributed by atoms with Crippen molar-refractivity contribution in [2.24, 2.45) is 5.92 Å². The molecule has 2 aliphatic rings. The highest BCUT2D eigenvalue weighted by atomic mass is 15.3. The third-order valence-electron chi connectivity index (χ3n) is 4.37. The van der Waals surface area contributed by atoms with Crippen LogP contribution in [0.2, 0.25) is 0 Å². The molecule has 1 N–H and O–H groups in total. The number of hydrogen-bond acceptors (Lipinski definition) is 4. The lowest BCUT2D eigenvalue weighted by molar-refractivity contribution is 0.247. The summed E-state index contributed by atoms with van der Waals surface area (Å²) in [5.74, 6) is 2.18. The average Bonchev–Trinajstić information content (AvgIpc) is 3.25. The van der Waals surface area contributed by atoms with Crippen LogP contribution in [-0.4, -0.2) is 49.7 Å². The van der Waals surface area contributed by atoms with Gasteiger partial charge in [0.15, 0.2) is 0 Å². The van der Waals surface area contributed by atoms with E-state index in [1.165, 1.54) is 49.4 Å². The lowest BCUT2D eigenvalue weighted by atomic mass is 10.2. The molecule has 2 fully saturated rings. The Morgan fingerprint density at radius 3 is 2.60 bits per heavy atom. The minimum atomic E-state index is 0.892. The molecule has 0 aromatic carbocycles. The maximum Gasteiger partial charge on any atom is 0.131 e. The lowest BCUT2D eigenvalue weighted by Gasteiger charge is -2.36. The SMILES string of the molecule is CNCc1cnc(N2CCN(CC3CC3)CC2)c(C)c1. The topological polar surface area (TPSA) is 31.4 Å². The second-order valence-corrected chi connectivity index (χ2v) is 6.25. The summed E-state index contributed by atoms with van der Waals surface area (Å²) in [4.78, 5) is 9.76. The van der Waals surface area contributed by atoms with E-state index in [1.54, 1.807) is 0 Å². The quantitative estimate of drug-likeness (QED) is 0.884. The Bertz CT molecular complexity index is 448. The van der Waals surface area contributed by atoms with Gasteiger partial charge >= 0.3 is 0 Å². The van der Waals surface area contributed by atoms with Gasteiger partial charge in [0.1, 0.15) is 5.82 Å². The monoisotopic (exact) mass is 274 g/mol. The van der Waals surface area contributed by atoms with E-state index in [0.717, 1.165) is 25.6 Å². The molecule has 110 valence electrons. The van der Waals surface area contributed by atoms with E-state index >= 15 is 0 Å². The summed E-state index contributed by atoms with van der Waals surface area (Å²) >= 11 is 0. The standard InChI is InChI=1S/C16H26N4/c1-13-9-15(10-17-2)11-18-16(13)20-7-5-19(6-8-20)12-14-3-4-14/h9,11,14,17H,3-8,10,12H2,1-2H3. The second kappa shape index (κ2) is 6.10. The molecule has 0 amide bonds. The summed E-state index contributed by atoms with van der Waals surface area (Å²) in [5.41, 5.74) is 2.56. The predicted octanol–water partition coefficient (Wildman–Crippen LogP) is 1.64. The molecular formula is C16H26N4. The molecule has 0 radical (unpaired) electrons. The highest BCUT2D eigenvalue weighted by molar-refractivity contribution is 5.47. The van der Waals surface area contributed by atoms with E-state index in [0.29, 0.717) is 0 Å². The molecule has 0 unspecified atom stereocenters. The van der Waals surface area contributed by atoms with Gasteiger partial charge < -0.3 is 10.2 Å². The van der Waals surface area contributed by atoms with E-state index < -0.39 is 0 Å². The molecule has 3 rings (SSSR count). The Kier molecular flexibility index (Phi) is 4.22. The fraction of sp³-hybridized carbons (Fsp3) is 0.688. The van der Waals surface area contributed by atoms with Crippen molar-refractivity contribution in [2.75, 3.05) is 44.7 Å². The van der Waals surface area contributed by atoms with Crippen molar-refractivity contribution < 1.29 is 0 Å². The molecule has 1 aromatic heterocycles. The lowest BCUT2D eigenvalue weighted by Crippen LogP contribution is -2.47. The molecule has 4 nitrogen and oxygen atoms in total. The molecule has 1 aliphatic heterocycles. The molecule has 20 heavy (non-hydrogen) atoms. The number of hydrogen-bond donors (Lipinski definition) is 1. The van der Waals surface area contributed by atoms with E-state index in [2.05, 4.69) is 33.1 Å². The second-order valence-electron chi connectivity index (χ2n) is 6.25. The largest absolute Gasteiger partial charge is 0.354 e. The summed E-state index contributed by atoms with van der Waals surface area (Å²) in [6.07, 6.45) is 4.91. The zero-order valence-electron chi connectivity index (χ0n) is 12.7. The number of piperazine rings is 1. The van der Waals surface area contributed by atoms with Crippen LogP contribution in [0.4, 0.5) is 5.82 Å². The zero-order valence-corrected chi connectivity index (χ0v) is 12.7. The van der Waals surface area contributed by atoms with E-state index in [-0.39, 0.29) is 0 Å². The summed E-state index contributed by atoms with van der Waals surface area (Å²) in [6.45, 7) is 9.01. The molecule has 0 spiro atoms. The number of aromatic nitrogens is 1. The summed E-state index contributed by atoms with van der Waals surface area (Å²) in [7, 11) is 1.97. The first kappa shape index (κ1) is 13.8. The van der Waals surface area contributed by atoms with Crippen LogP contribution in [-0.2, 0) is 6.54 Å². The van der Waals surface area contributed by atoms with E-state index in [9.17, 15) is 0 Å². The van der Waals surface area contributed by atoms with Gasteiger partial charge in [-0.2, -0.15) is 0 Å². The van der Waals surface area contributed by atoms with Crippen LogP contribution in [0.15, 0.2) is 12.3 Å². The molecule has 1 aliphatic carbocycles. The van der Waals surface area contributed by atoms with Gasteiger partial charge in [-0.15, -0.1) is 0 Å². The smallest absolute Gasteiger partial charge is 0.131 e. The fourth-order valence-corrected chi connectivity index (χ4v) is 3.07. The Labute approximate surface area is 122 Å². The highest BCUT2D eigenvalue weighted by Gasteiger charge is 2.26. The molecule has 0 bridgehead atoms. The number of rotatable bonds is 5. The number of aryl methyl sites for hydroxylation is 1. The van der Waals surface area contributed by atoms with Gasteiger partial charge in [-0.1, -0.05) is 0 Å². The Morgan fingerprint density at radius 1 is 1.25 bits per heavy atom. The van der Waals surface area contributed by atoms with Crippen LogP contribution in [0.25, 0.3) is 0 Å². The third kappa shape index (κ3) is 3.30. The van der Waals surface area contributed by atoms with Crippen molar-refractivity contribution in [3.8, 4) is 0 Å². The third-order valence-corrected chi connectivity index (χ3v) is 4.37. The molecule has 0 atom stereocenters. The molecule has 2 heterocycles. The summed E-state index contributed by atoms with van der Waals surface area (Å²) < 4.78 is 0. The Hall–Kier alpha value is -1.13. The average molecular weight is 274 g/mol. The molecule has 1 saturated carbocycles. The Morgan fingerprint density at radius 2 is 2.00 bits per heavy atom. The maximum atomic E-state index is 4.69. The van der Waals surface area contributed by atoms with Crippen LogP contribution in [0.5, 0.6) is 0 Å². The minimum Gasteiger partial charge on any atom is -0.354 e. The van der Waals surface area contributed by atoms with Crippen molar-refractivity contribution in [1.29, 1.82) is 0 Å². The molecule has 1 aromatic rings. The predicted molar refractivity (Wildman–Crippen MR) is 83.1 cm³/mol. The van der Waals surface area contributed by atoms with Gasteiger partial charge in [0.2, 0.25) is 0 Å². The summed E-state index contributed by atoms with van der Waals surface area (Å²) in [6, 6.07) is 2.26. The van der Waals surface area contributed by atoms with Gasteiger partial charge in [0.25, 0.3) is 0 Å².